The number of nitrogens with zero attached hydrogens (tertiary/aromatic N) is 3. The lowest BCUT2D eigenvalue weighted by Gasteiger charge is -2.28. The van der Waals surface area contributed by atoms with Crippen LogP contribution >= 0.6 is 0 Å². The number of carbonyl (C=O) groups is 1. The quantitative estimate of drug-likeness (QED) is 0.468. The van der Waals surface area contributed by atoms with Gasteiger partial charge < -0.3 is 14.6 Å². The molecule has 0 unspecified atom stereocenters. The minimum atomic E-state index is -0.861. The summed E-state index contributed by atoms with van der Waals surface area (Å²) >= 11 is 0. The Hall–Kier alpha value is -3.89. The second-order valence-electron chi connectivity index (χ2n) is 8.51. The van der Waals surface area contributed by atoms with Crippen molar-refractivity contribution in [2.24, 2.45) is 0 Å². The zero-order valence-electron chi connectivity index (χ0n) is 20.0. The van der Waals surface area contributed by atoms with Gasteiger partial charge in [0.25, 0.3) is 0 Å². The molecule has 0 bridgehead atoms. The van der Waals surface area contributed by atoms with Gasteiger partial charge in [0, 0.05) is 37.8 Å². The molecule has 2 heterocycles. The van der Waals surface area contributed by atoms with Crippen LogP contribution in [0.3, 0.4) is 0 Å². The van der Waals surface area contributed by atoms with Crippen molar-refractivity contribution in [1.82, 2.24) is 14.9 Å². The van der Waals surface area contributed by atoms with E-state index in [4.69, 9.17) is 14.6 Å². The summed E-state index contributed by atoms with van der Waals surface area (Å²) < 4.78 is 11.1. The largest absolute Gasteiger partial charge is 0.489 e. The van der Waals surface area contributed by atoms with Crippen LogP contribution in [0.2, 0.25) is 0 Å². The lowest BCUT2D eigenvalue weighted by Crippen LogP contribution is -2.30. The van der Waals surface area contributed by atoms with Crippen molar-refractivity contribution < 1.29 is 19.4 Å². The topological polar surface area (TPSA) is 84.8 Å². The van der Waals surface area contributed by atoms with E-state index >= 15 is 0 Å². The number of carboxylic acid groups (broad SMARTS) is 1. The lowest BCUT2D eigenvalue weighted by atomic mass is 9.96. The van der Waals surface area contributed by atoms with E-state index < -0.39 is 5.97 Å². The molecule has 0 radical (unpaired) electrons. The van der Waals surface area contributed by atoms with Gasteiger partial charge in [-0.25, -0.2) is 4.98 Å². The summed E-state index contributed by atoms with van der Waals surface area (Å²) in [5.74, 6) is 5.34. The number of hydrogen-bond donors (Lipinski definition) is 1. The Balaban J connectivity index is 1.34. The first-order valence-electron chi connectivity index (χ1n) is 11.6. The summed E-state index contributed by atoms with van der Waals surface area (Å²) in [6.07, 6.45) is 2.73. The van der Waals surface area contributed by atoms with Crippen molar-refractivity contribution in [3.05, 3.63) is 82.7 Å². The molecule has 0 aliphatic carbocycles. The molecule has 7 heteroatoms. The maximum atomic E-state index is 11.1. The minimum absolute atomic E-state index is 0.0162. The fourth-order valence-electron chi connectivity index (χ4n) is 4.23. The summed E-state index contributed by atoms with van der Waals surface area (Å²) in [7, 11) is 1.59. The van der Waals surface area contributed by atoms with Crippen molar-refractivity contribution in [3.63, 3.8) is 0 Å². The third-order valence-corrected chi connectivity index (χ3v) is 5.96. The zero-order valence-corrected chi connectivity index (χ0v) is 20.0. The Kier molecular flexibility index (Phi) is 7.96. The van der Waals surface area contributed by atoms with Gasteiger partial charge in [0.1, 0.15) is 12.4 Å². The number of benzene rings is 2. The van der Waals surface area contributed by atoms with Gasteiger partial charge >= 0.3 is 12.0 Å². The molecule has 7 nitrogen and oxygen atoms in total. The maximum absolute atomic E-state index is 11.1. The number of methoxy groups -OCH3 is 1. The first kappa shape index (κ1) is 24.2. The monoisotopic (exact) mass is 471 g/mol. The number of rotatable bonds is 9. The van der Waals surface area contributed by atoms with Gasteiger partial charge in [0.2, 0.25) is 0 Å². The standard InChI is InChI=1S/C28H29N3O4/c1-3-5-23(15-27(32)33)22-8-10-25(11-9-22)35-19-21-7-4-6-20(14-21)17-31-13-12-26-24(18-31)16-29-28(30-26)34-2/h4,6-11,14,16,23H,12-13,15,17-19H2,1-2H3,(H,32,33)/t23-/m0/s1. The van der Waals surface area contributed by atoms with Crippen LogP contribution in [0.5, 0.6) is 11.8 Å². The summed E-state index contributed by atoms with van der Waals surface area (Å²) in [4.78, 5) is 22.2. The maximum Gasteiger partial charge on any atom is 0.316 e. The fraction of sp³-hybridized carbons (Fsp3) is 0.321. The smallest absolute Gasteiger partial charge is 0.316 e. The molecule has 1 aromatic heterocycles. The molecule has 1 aliphatic rings. The number of aromatic nitrogens is 2. The van der Waals surface area contributed by atoms with E-state index in [0.29, 0.717) is 12.6 Å². The molecule has 0 saturated heterocycles. The normalized spacial score (nSPS) is 13.8. The van der Waals surface area contributed by atoms with Crippen molar-refractivity contribution in [2.45, 2.75) is 45.4 Å². The van der Waals surface area contributed by atoms with Crippen molar-refractivity contribution >= 4 is 5.97 Å². The van der Waals surface area contributed by atoms with Gasteiger partial charge in [0.15, 0.2) is 0 Å². The summed E-state index contributed by atoms with van der Waals surface area (Å²) in [5, 5.41) is 9.12. The minimum Gasteiger partial charge on any atom is -0.489 e. The first-order chi connectivity index (χ1) is 17.0. The highest BCUT2D eigenvalue weighted by molar-refractivity contribution is 5.69. The molecule has 35 heavy (non-hydrogen) atoms. The number of carboxylic acids is 1. The molecule has 0 saturated carbocycles. The third kappa shape index (κ3) is 6.58. The van der Waals surface area contributed by atoms with E-state index in [9.17, 15) is 4.79 Å². The lowest BCUT2D eigenvalue weighted by molar-refractivity contribution is -0.137. The van der Waals surface area contributed by atoms with Crippen LogP contribution < -0.4 is 9.47 Å². The fourth-order valence-corrected chi connectivity index (χ4v) is 4.23. The Bertz CT molecular complexity index is 1230. The van der Waals surface area contributed by atoms with Crippen molar-refractivity contribution in [3.8, 4) is 23.6 Å². The number of fused-ring (bicyclic) bond motifs is 1. The molecule has 3 aromatic rings. The highest BCUT2D eigenvalue weighted by Crippen LogP contribution is 2.24. The molecule has 4 rings (SSSR count). The first-order valence-corrected chi connectivity index (χ1v) is 11.6. The van der Waals surface area contributed by atoms with Crippen molar-refractivity contribution in [2.75, 3.05) is 13.7 Å². The van der Waals surface area contributed by atoms with Crippen LogP contribution in [0.15, 0.2) is 54.7 Å². The van der Waals surface area contributed by atoms with Crippen LogP contribution in [-0.4, -0.2) is 39.6 Å². The number of hydrogen-bond acceptors (Lipinski definition) is 6. The van der Waals surface area contributed by atoms with Gasteiger partial charge in [0.05, 0.1) is 25.1 Å². The van der Waals surface area contributed by atoms with E-state index in [1.165, 1.54) is 5.56 Å². The number of ether oxygens (including phenoxy) is 2. The van der Waals surface area contributed by atoms with Gasteiger partial charge in [-0.1, -0.05) is 42.3 Å². The van der Waals surface area contributed by atoms with E-state index in [-0.39, 0.29) is 12.3 Å². The predicted octanol–water partition coefficient (Wildman–Crippen LogP) is 4.20. The molecule has 0 amide bonds. The SMILES string of the molecule is CC#C[C@@H](CC(=O)O)c1ccc(OCc2cccc(CN3CCc4nc(OC)ncc4C3)c2)cc1. The van der Waals surface area contributed by atoms with Gasteiger partial charge in [-0.2, -0.15) is 4.98 Å². The van der Waals surface area contributed by atoms with Gasteiger partial charge in [-0.3, -0.25) is 9.69 Å². The van der Waals surface area contributed by atoms with E-state index in [1.54, 1.807) is 14.0 Å². The number of aliphatic carboxylic acids is 1. The molecule has 1 aliphatic heterocycles. The van der Waals surface area contributed by atoms with Crippen LogP contribution in [-0.2, 0) is 30.9 Å². The molecular formula is C28H29N3O4. The summed E-state index contributed by atoms with van der Waals surface area (Å²) in [6.45, 7) is 4.77. The van der Waals surface area contributed by atoms with Gasteiger partial charge in [-0.15, -0.1) is 5.92 Å². The second kappa shape index (κ2) is 11.5. The Morgan fingerprint density at radius 3 is 2.74 bits per heavy atom. The average Bonchev–Trinajstić information content (AvgIpc) is 2.87. The molecule has 180 valence electrons. The summed E-state index contributed by atoms with van der Waals surface area (Å²) in [6, 6.07) is 16.4. The van der Waals surface area contributed by atoms with Gasteiger partial charge in [-0.05, 0) is 35.7 Å². The predicted molar refractivity (Wildman–Crippen MR) is 132 cm³/mol. The van der Waals surface area contributed by atoms with Crippen molar-refractivity contribution in [1.29, 1.82) is 0 Å². The Morgan fingerprint density at radius 1 is 1.20 bits per heavy atom. The van der Waals surface area contributed by atoms with E-state index in [2.05, 4.69) is 51.0 Å². The second-order valence-corrected chi connectivity index (χ2v) is 8.51. The van der Waals surface area contributed by atoms with E-state index in [1.807, 2.05) is 30.5 Å². The summed E-state index contributed by atoms with van der Waals surface area (Å²) in [5.41, 5.74) is 5.42. The van der Waals surface area contributed by atoms with Crippen LogP contribution in [0.1, 0.15) is 47.2 Å². The molecule has 1 N–H and O–H groups in total. The van der Waals surface area contributed by atoms with Crippen LogP contribution in [0.25, 0.3) is 0 Å². The Labute approximate surface area is 205 Å². The molecule has 0 fully saturated rings. The van der Waals surface area contributed by atoms with Crippen LogP contribution in [0.4, 0.5) is 0 Å². The molecule has 0 spiro atoms. The molecular weight excluding hydrogens is 442 g/mol. The molecule has 1 atom stereocenters. The highest BCUT2D eigenvalue weighted by atomic mass is 16.5. The Morgan fingerprint density at radius 2 is 2.00 bits per heavy atom. The average molecular weight is 472 g/mol. The highest BCUT2D eigenvalue weighted by Gasteiger charge is 2.19. The molecule has 2 aromatic carbocycles. The van der Waals surface area contributed by atoms with E-state index in [0.717, 1.165) is 54.2 Å². The van der Waals surface area contributed by atoms with Crippen LogP contribution in [0, 0.1) is 11.8 Å². The third-order valence-electron chi connectivity index (χ3n) is 5.96. The zero-order chi connectivity index (χ0) is 24.6.